The van der Waals surface area contributed by atoms with Gasteiger partial charge in [-0.05, 0) is 24.1 Å². The maximum Gasteiger partial charge on any atom is 0.430 e. The lowest BCUT2D eigenvalue weighted by Crippen LogP contribution is -2.45. The van der Waals surface area contributed by atoms with Gasteiger partial charge in [0.15, 0.2) is 0 Å². The minimum absolute atomic E-state index is 0.0739. The van der Waals surface area contributed by atoms with Gasteiger partial charge < -0.3 is 19.8 Å². The van der Waals surface area contributed by atoms with Crippen molar-refractivity contribution in [2.75, 3.05) is 0 Å². The number of hydrogen-bond donors (Lipinski definition) is 3. The summed E-state index contributed by atoms with van der Waals surface area (Å²) in [5.74, 6) is -2.22. The summed E-state index contributed by atoms with van der Waals surface area (Å²) >= 11 is 0. The van der Waals surface area contributed by atoms with Gasteiger partial charge in [0.05, 0.1) is 5.75 Å². The predicted molar refractivity (Wildman–Crippen MR) is 52.7 cm³/mol. The Morgan fingerprint density at radius 1 is 1.44 bits per heavy atom. The normalized spacial score (nSPS) is 17.4. The Balaban J connectivity index is 2.56. The topological polar surface area (TPSA) is 87.0 Å². The van der Waals surface area contributed by atoms with Crippen LogP contribution < -0.4 is 4.65 Å². The van der Waals surface area contributed by atoms with Crippen molar-refractivity contribution in [3.8, 4) is 5.75 Å². The van der Waals surface area contributed by atoms with Crippen molar-refractivity contribution in [2.24, 2.45) is 0 Å². The molecule has 3 N–H and O–H groups in total. The molecule has 1 aromatic carbocycles. The number of carboxylic acids is 1. The molecule has 0 fully saturated rings. The number of aromatic carboxylic acids is 1. The van der Waals surface area contributed by atoms with E-state index in [1.807, 2.05) is 0 Å². The molecule has 0 aromatic heterocycles. The van der Waals surface area contributed by atoms with Crippen molar-refractivity contribution in [1.29, 1.82) is 0 Å². The summed E-state index contributed by atoms with van der Waals surface area (Å²) < 4.78 is 17.9. The van der Waals surface area contributed by atoms with Gasteiger partial charge in [-0.3, -0.25) is 0 Å². The molecule has 0 aliphatic carbocycles. The lowest BCUT2D eigenvalue weighted by atomic mass is 9.70. The van der Waals surface area contributed by atoms with Crippen LogP contribution in [0, 0.1) is 5.82 Å². The van der Waals surface area contributed by atoms with E-state index in [0.29, 0.717) is 5.56 Å². The number of aryl methyl sites for hydroxylation is 1. The molecule has 0 spiro atoms. The second-order valence-corrected chi connectivity index (χ2v) is 3.76. The summed E-state index contributed by atoms with van der Waals surface area (Å²) in [6.45, 7) is -3.04. The van der Waals surface area contributed by atoms with E-state index in [9.17, 15) is 19.2 Å². The van der Waals surface area contributed by atoms with Crippen molar-refractivity contribution in [3.63, 3.8) is 0 Å². The van der Waals surface area contributed by atoms with Crippen molar-refractivity contribution >= 4 is 12.7 Å². The highest BCUT2D eigenvalue weighted by molar-refractivity contribution is 6.59. The van der Waals surface area contributed by atoms with E-state index >= 15 is 0 Å². The third-order valence-corrected chi connectivity index (χ3v) is 2.46. The highest BCUT2D eigenvalue weighted by Gasteiger charge is 2.31. The van der Waals surface area contributed by atoms with Crippen LogP contribution in [0.5, 0.6) is 5.75 Å². The fraction of sp³-hybridized carbons (Fsp3) is 0.222. The van der Waals surface area contributed by atoms with Crippen molar-refractivity contribution in [2.45, 2.75) is 12.7 Å². The number of benzene rings is 1. The lowest BCUT2D eigenvalue weighted by Gasteiger charge is -2.37. The molecule has 0 amide bonds. The molecule has 7 heteroatoms. The van der Waals surface area contributed by atoms with E-state index in [2.05, 4.69) is 0 Å². The van der Waals surface area contributed by atoms with Gasteiger partial charge in [-0.25, -0.2) is 9.18 Å². The van der Waals surface area contributed by atoms with E-state index < -0.39 is 24.1 Å². The number of rotatable bonds is 1. The molecular weight excluding hydrogens is 218 g/mol. The highest BCUT2D eigenvalue weighted by atomic mass is 19.1. The number of carboxylic acid groups (broad SMARTS) is 1. The Bertz CT molecular complexity index is 459. The van der Waals surface area contributed by atoms with Gasteiger partial charge in [-0.15, -0.1) is 0 Å². The molecule has 1 heterocycles. The van der Waals surface area contributed by atoms with Crippen LogP contribution in [-0.2, 0) is 6.42 Å². The SMILES string of the molecule is O=C(O)c1cc(F)cc2c1O[B-](O)(O)CC2. The molecule has 1 aliphatic heterocycles. The third-order valence-electron chi connectivity index (χ3n) is 2.46. The number of hydrogen-bond acceptors (Lipinski definition) is 4. The second kappa shape index (κ2) is 3.46. The van der Waals surface area contributed by atoms with Crippen LogP contribution in [0.1, 0.15) is 15.9 Å². The first-order chi connectivity index (χ1) is 7.39. The molecule has 2 rings (SSSR count). The van der Waals surface area contributed by atoms with E-state index in [1.54, 1.807) is 0 Å². The maximum absolute atomic E-state index is 13.1. The first kappa shape index (κ1) is 10.9. The highest BCUT2D eigenvalue weighted by Crippen LogP contribution is 2.33. The number of fused-ring (bicyclic) bond motifs is 1. The first-order valence-corrected chi connectivity index (χ1v) is 4.74. The quantitative estimate of drug-likeness (QED) is 0.603. The van der Waals surface area contributed by atoms with Crippen LogP contribution in [0.25, 0.3) is 0 Å². The van der Waals surface area contributed by atoms with Gasteiger partial charge in [0, 0.05) is 0 Å². The van der Waals surface area contributed by atoms with E-state index in [4.69, 9.17) is 9.76 Å². The molecule has 1 aromatic rings. The zero-order chi connectivity index (χ0) is 11.9. The van der Waals surface area contributed by atoms with Crippen LogP contribution in [-0.4, -0.2) is 27.9 Å². The van der Waals surface area contributed by atoms with Gasteiger partial charge in [0.2, 0.25) is 0 Å². The van der Waals surface area contributed by atoms with Gasteiger partial charge >= 0.3 is 12.7 Å². The van der Waals surface area contributed by atoms with Crippen molar-refractivity contribution in [1.82, 2.24) is 0 Å². The Labute approximate surface area is 90.1 Å². The van der Waals surface area contributed by atoms with Gasteiger partial charge in [0.25, 0.3) is 0 Å². The molecule has 0 bridgehead atoms. The standard InChI is InChI=1S/C9H9BFO5/c11-6-3-5-1-2-10(14,15)16-8(5)7(4-6)9(12)13/h3-4,14-15H,1-2H2,(H,12,13)/q-1. The summed E-state index contributed by atoms with van der Waals surface area (Å²) in [5.41, 5.74) is -0.0675. The van der Waals surface area contributed by atoms with Gasteiger partial charge in [-0.1, -0.05) is 6.32 Å². The van der Waals surface area contributed by atoms with Crippen molar-refractivity contribution < 1.29 is 29.0 Å². The predicted octanol–water partition coefficient (Wildman–Crippen LogP) is 0.382. The minimum atomic E-state index is -3.04. The molecular formula is C9H9BFO5-. The molecule has 1 aliphatic rings. The fourth-order valence-electron chi connectivity index (χ4n) is 1.72. The zero-order valence-electron chi connectivity index (χ0n) is 8.18. The molecule has 0 radical (unpaired) electrons. The molecule has 0 saturated heterocycles. The minimum Gasteiger partial charge on any atom is -0.669 e. The molecule has 0 atom stereocenters. The van der Waals surface area contributed by atoms with Crippen LogP contribution in [0.3, 0.4) is 0 Å². The Morgan fingerprint density at radius 3 is 2.75 bits per heavy atom. The Hall–Kier alpha value is -1.60. The number of carbonyl (C=O) groups is 1. The van der Waals surface area contributed by atoms with Crippen LogP contribution >= 0.6 is 0 Å². The van der Waals surface area contributed by atoms with Crippen molar-refractivity contribution in [3.05, 3.63) is 29.1 Å². The van der Waals surface area contributed by atoms with Gasteiger partial charge in [0.1, 0.15) is 11.4 Å². The average molecular weight is 227 g/mol. The molecule has 0 saturated carbocycles. The monoisotopic (exact) mass is 227 g/mol. The van der Waals surface area contributed by atoms with Crippen LogP contribution in [0.2, 0.25) is 6.32 Å². The van der Waals surface area contributed by atoms with E-state index in [-0.39, 0.29) is 18.5 Å². The second-order valence-electron chi connectivity index (χ2n) is 3.76. The van der Waals surface area contributed by atoms with E-state index in [0.717, 1.165) is 12.1 Å². The average Bonchev–Trinajstić information content (AvgIpc) is 2.16. The zero-order valence-corrected chi connectivity index (χ0v) is 8.18. The molecule has 0 unspecified atom stereocenters. The fourth-order valence-corrected chi connectivity index (χ4v) is 1.72. The molecule has 5 nitrogen and oxygen atoms in total. The van der Waals surface area contributed by atoms with Gasteiger partial charge in [-0.2, -0.15) is 0 Å². The maximum atomic E-state index is 13.1. The van der Waals surface area contributed by atoms with Crippen LogP contribution in [0.4, 0.5) is 4.39 Å². The molecule has 86 valence electrons. The Kier molecular flexibility index (Phi) is 2.36. The van der Waals surface area contributed by atoms with E-state index in [1.165, 1.54) is 0 Å². The lowest BCUT2D eigenvalue weighted by molar-refractivity contribution is 0.0692. The number of halogens is 1. The Morgan fingerprint density at radius 2 is 2.12 bits per heavy atom. The largest absolute Gasteiger partial charge is 0.669 e. The smallest absolute Gasteiger partial charge is 0.430 e. The molecule has 16 heavy (non-hydrogen) atoms. The third kappa shape index (κ3) is 1.87. The first-order valence-electron chi connectivity index (χ1n) is 4.74. The summed E-state index contributed by atoms with van der Waals surface area (Å²) in [4.78, 5) is 10.8. The summed E-state index contributed by atoms with van der Waals surface area (Å²) in [5, 5.41) is 27.4. The summed E-state index contributed by atoms with van der Waals surface area (Å²) in [7, 11) is 0. The summed E-state index contributed by atoms with van der Waals surface area (Å²) in [6.07, 6.45) is 0.0931. The summed E-state index contributed by atoms with van der Waals surface area (Å²) in [6, 6.07) is 1.92. The van der Waals surface area contributed by atoms with Crippen LogP contribution in [0.15, 0.2) is 12.1 Å².